The van der Waals surface area contributed by atoms with E-state index in [4.69, 9.17) is 9.15 Å². The molecule has 4 rings (SSSR count). The molecule has 2 aliphatic heterocycles. The minimum atomic E-state index is 0.114. The fourth-order valence-corrected chi connectivity index (χ4v) is 3.90. The molecule has 1 amide bonds. The third-order valence-electron chi connectivity index (χ3n) is 5.24. The average Bonchev–Trinajstić information content (AvgIpc) is 3.24. The highest BCUT2D eigenvalue weighted by atomic mass is 16.5. The van der Waals surface area contributed by atoms with E-state index in [2.05, 4.69) is 10.2 Å². The lowest BCUT2D eigenvalue weighted by molar-refractivity contribution is -0.130. The largest absolute Gasteiger partial charge is 0.426 e. The van der Waals surface area contributed by atoms with Gasteiger partial charge in [-0.2, -0.15) is 0 Å². The van der Waals surface area contributed by atoms with E-state index in [-0.39, 0.29) is 18.1 Å². The normalized spacial score (nSPS) is 25.4. The van der Waals surface area contributed by atoms with Gasteiger partial charge < -0.3 is 14.1 Å². The Morgan fingerprint density at radius 2 is 2.08 bits per heavy atom. The van der Waals surface area contributed by atoms with Crippen molar-refractivity contribution in [2.45, 2.75) is 45.3 Å². The van der Waals surface area contributed by atoms with Crippen molar-refractivity contribution >= 4 is 5.91 Å². The van der Waals surface area contributed by atoms with Gasteiger partial charge in [-0.15, -0.1) is 10.2 Å². The van der Waals surface area contributed by atoms with Gasteiger partial charge in [0.25, 0.3) is 0 Å². The zero-order valence-electron chi connectivity index (χ0n) is 14.6. The lowest BCUT2D eigenvalue weighted by Gasteiger charge is -2.19. The maximum absolute atomic E-state index is 12.6. The van der Waals surface area contributed by atoms with Crippen molar-refractivity contribution in [2.75, 3.05) is 13.1 Å². The van der Waals surface area contributed by atoms with Crippen molar-refractivity contribution in [3.05, 3.63) is 47.2 Å². The Balaban J connectivity index is 1.31. The zero-order valence-corrected chi connectivity index (χ0v) is 14.6. The molecule has 0 N–H and O–H groups in total. The minimum Gasteiger partial charge on any atom is -0.426 e. The first-order valence-corrected chi connectivity index (χ1v) is 8.85. The number of rotatable bonds is 4. The van der Waals surface area contributed by atoms with Gasteiger partial charge in [-0.3, -0.25) is 4.79 Å². The van der Waals surface area contributed by atoms with E-state index >= 15 is 0 Å². The molecular formula is C19H23N3O3. The summed E-state index contributed by atoms with van der Waals surface area (Å²) in [5.74, 6) is 1.82. The van der Waals surface area contributed by atoms with Gasteiger partial charge in [-0.25, -0.2) is 0 Å². The molecule has 2 aromatic rings. The molecular weight excluding hydrogens is 318 g/mol. The van der Waals surface area contributed by atoms with Crippen molar-refractivity contribution in [2.24, 2.45) is 5.92 Å². The maximum atomic E-state index is 12.6. The SMILES string of the molecule is Cc1nnc(C[C@@H]2C[C@H]3CN(C(=O)Cc4ccccc4C)C[C@H]3O2)o1. The standard InChI is InChI=1S/C19H23N3O3/c1-12-5-3-4-6-14(12)8-19(23)22-10-15-7-16(25-17(15)11-22)9-18-21-20-13(2)24-18/h3-6,15-17H,7-11H2,1-2H3/t15-,16-,17+/m0/s1. The Morgan fingerprint density at radius 3 is 2.80 bits per heavy atom. The van der Waals surface area contributed by atoms with Crippen LogP contribution < -0.4 is 0 Å². The first-order valence-electron chi connectivity index (χ1n) is 8.85. The van der Waals surface area contributed by atoms with E-state index < -0.39 is 0 Å². The number of benzene rings is 1. The molecule has 0 bridgehead atoms. The van der Waals surface area contributed by atoms with Gasteiger partial charge in [0.05, 0.1) is 25.0 Å². The number of hydrogen-bond donors (Lipinski definition) is 0. The molecule has 25 heavy (non-hydrogen) atoms. The molecule has 0 radical (unpaired) electrons. The second-order valence-corrected chi connectivity index (χ2v) is 7.11. The first-order chi connectivity index (χ1) is 12.1. The highest BCUT2D eigenvalue weighted by Gasteiger charge is 2.43. The van der Waals surface area contributed by atoms with Crippen molar-refractivity contribution in [3.63, 3.8) is 0 Å². The lowest BCUT2D eigenvalue weighted by Crippen LogP contribution is -2.33. The van der Waals surface area contributed by atoms with E-state index in [1.54, 1.807) is 6.92 Å². The van der Waals surface area contributed by atoms with Crippen LogP contribution in [0.3, 0.4) is 0 Å². The van der Waals surface area contributed by atoms with Crippen molar-refractivity contribution in [1.29, 1.82) is 0 Å². The highest BCUT2D eigenvalue weighted by molar-refractivity contribution is 5.79. The molecule has 132 valence electrons. The lowest BCUT2D eigenvalue weighted by atomic mass is 10.0. The van der Waals surface area contributed by atoms with Crippen LogP contribution in [0.5, 0.6) is 0 Å². The zero-order chi connectivity index (χ0) is 17.4. The molecule has 1 aromatic carbocycles. The maximum Gasteiger partial charge on any atom is 0.227 e. The van der Waals surface area contributed by atoms with E-state index in [0.29, 0.717) is 37.1 Å². The number of carbonyl (C=O) groups is 1. The third-order valence-corrected chi connectivity index (χ3v) is 5.24. The predicted octanol–water partition coefficient (Wildman–Crippen LogP) is 2.09. The molecule has 6 heteroatoms. The third kappa shape index (κ3) is 3.44. The number of hydrogen-bond acceptors (Lipinski definition) is 5. The summed E-state index contributed by atoms with van der Waals surface area (Å²) in [5.41, 5.74) is 2.27. The molecule has 2 fully saturated rings. The average molecular weight is 341 g/mol. The van der Waals surface area contributed by atoms with Gasteiger partial charge in [0.2, 0.25) is 17.7 Å². The van der Waals surface area contributed by atoms with Crippen LogP contribution in [-0.2, 0) is 22.4 Å². The van der Waals surface area contributed by atoms with Gasteiger partial charge in [0, 0.05) is 25.9 Å². The molecule has 0 saturated carbocycles. The van der Waals surface area contributed by atoms with Gasteiger partial charge >= 0.3 is 0 Å². The Labute approximate surface area is 147 Å². The number of aromatic nitrogens is 2. The number of ether oxygens (including phenoxy) is 1. The summed E-state index contributed by atoms with van der Waals surface area (Å²) in [7, 11) is 0. The summed E-state index contributed by atoms with van der Waals surface area (Å²) in [6.45, 7) is 5.32. The van der Waals surface area contributed by atoms with Crippen molar-refractivity contribution < 1.29 is 13.9 Å². The van der Waals surface area contributed by atoms with Crippen LogP contribution in [0.2, 0.25) is 0 Å². The minimum absolute atomic E-state index is 0.114. The fourth-order valence-electron chi connectivity index (χ4n) is 3.90. The van der Waals surface area contributed by atoms with Crippen LogP contribution in [0, 0.1) is 19.8 Å². The monoisotopic (exact) mass is 341 g/mol. The van der Waals surface area contributed by atoms with Crippen LogP contribution in [0.25, 0.3) is 0 Å². The van der Waals surface area contributed by atoms with Crippen LogP contribution in [-0.4, -0.2) is 46.3 Å². The summed E-state index contributed by atoms with van der Waals surface area (Å²) in [6.07, 6.45) is 2.32. The quantitative estimate of drug-likeness (QED) is 0.852. The molecule has 6 nitrogen and oxygen atoms in total. The second kappa shape index (κ2) is 6.59. The molecule has 0 aliphatic carbocycles. The molecule has 0 spiro atoms. The Hall–Kier alpha value is -2.21. The summed E-state index contributed by atoms with van der Waals surface area (Å²) in [6, 6.07) is 8.07. The fraction of sp³-hybridized carbons (Fsp3) is 0.526. The number of likely N-dealkylation sites (tertiary alicyclic amines) is 1. The Bertz CT molecular complexity index is 759. The Morgan fingerprint density at radius 1 is 1.24 bits per heavy atom. The highest BCUT2D eigenvalue weighted by Crippen LogP contribution is 2.34. The van der Waals surface area contributed by atoms with Gasteiger partial charge in [0.15, 0.2) is 0 Å². The second-order valence-electron chi connectivity index (χ2n) is 7.11. The van der Waals surface area contributed by atoms with E-state index in [1.807, 2.05) is 36.1 Å². The van der Waals surface area contributed by atoms with Gasteiger partial charge in [-0.1, -0.05) is 24.3 Å². The smallest absolute Gasteiger partial charge is 0.227 e. The van der Waals surface area contributed by atoms with Crippen LogP contribution in [0.4, 0.5) is 0 Å². The predicted molar refractivity (Wildman–Crippen MR) is 91.0 cm³/mol. The molecule has 3 atom stereocenters. The van der Waals surface area contributed by atoms with Crippen molar-refractivity contribution in [3.8, 4) is 0 Å². The summed E-state index contributed by atoms with van der Waals surface area (Å²) in [5, 5.41) is 7.90. The molecule has 1 aromatic heterocycles. The summed E-state index contributed by atoms with van der Waals surface area (Å²) >= 11 is 0. The molecule has 2 saturated heterocycles. The van der Waals surface area contributed by atoms with Crippen molar-refractivity contribution in [1.82, 2.24) is 15.1 Å². The van der Waals surface area contributed by atoms with E-state index in [0.717, 1.165) is 18.5 Å². The summed E-state index contributed by atoms with van der Waals surface area (Å²) < 4.78 is 11.6. The number of nitrogens with zero attached hydrogens (tertiary/aromatic N) is 3. The van der Waals surface area contributed by atoms with Gasteiger partial charge in [0.1, 0.15) is 0 Å². The van der Waals surface area contributed by atoms with Gasteiger partial charge in [-0.05, 0) is 24.5 Å². The number of amides is 1. The van der Waals surface area contributed by atoms with Crippen LogP contribution in [0.15, 0.2) is 28.7 Å². The number of fused-ring (bicyclic) bond motifs is 1. The summed E-state index contributed by atoms with van der Waals surface area (Å²) in [4.78, 5) is 14.6. The number of aryl methyl sites for hydroxylation is 2. The topological polar surface area (TPSA) is 68.5 Å². The molecule has 2 aliphatic rings. The van der Waals surface area contributed by atoms with E-state index in [1.165, 1.54) is 5.56 Å². The molecule has 0 unspecified atom stereocenters. The number of carbonyl (C=O) groups excluding carboxylic acids is 1. The van der Waals surface area contributed by atoms with Crippen LogP contribution >= 0.6 is 0 Å². The van der Waals surface area contributed by atoms with Crippen LogP contribution in [0.1, 0.15) is 29.3 Å². The van der Waals surface area contributed by atoms with E-state index in [9.17, 15) is 4.79 Å². The first kappa shape index (κ1) is 16.3. The molecule has 3 heterocycles. The Kier molecular flexibility index (Phi) is 4.29.